The van der Waals surface area contributed by atoms with E-state index in [9.17, 15) is 23.1 Å². The van der Waals surface area contributed by atoms with Crippen LogP contribution in [0.2, 0.25) is 0 Å². The Bertz CT molecular complexity index is 1650. The molecule has 0 aliphatic rings. The summed E-state index contributed by atoms with van der Waals surface area (Å²) >= 11 is 0. The highest BCUT2D eigenvalue weighted by molar-refractivity contribution is 6.00. The van der Waals surface area contributed by atoms with Crippen LogP contribution in [0.15, 0.2) is 59.6 Å². The predicted octanol–water partition coefficient (Wildman–Crippen LogP) is 6.26. The summed E-state index contributed by atoms with van der Waals surface area (Å²) in [5, 5.41) is 13.8. The fourth-order valence-corrected chi connectivity index (χ4v) is 4.33. The summed E-state index contributed by atoms with van der Waals surface area (Å²) in [5.41, 5.74) is 4.08. The molecule has 0 radical (unpaired) electrons. The lowest BCUT2D eigenvalue weighted by atomic mass is 10.00. The molecule has 4 heterocycles. The van der Waals surface area contributed by atoms with Crippen molar-refractivity contribution in [3.8, 4) is 33.7 Å². The minimum atomic E-state index is -5.04. The second-order valence-electron chi connectivity index (χ2n) is 8.43. The molecule has 0 atom stereocenters. The molecule has 11 heteroatoms. The van der Waals surface area contributed by atoms with Crippen LogP contribution in [0.3, 0.4) is 0 Å². The lowest BCUT2D eigenvalue weighted by molar-refractivity contribution is -0.274. The van der Waals surface area contributed by atoms with Gasteiger partial charge in [-0.3, -0.25) is 9.55 Å². The molecule has 4 aromatic heterocycles. The average Bonchev–Trinajstić information content (AvgIpc) is 3.37. The molecule has 0 aliphatic carbocycles. The molecule has 8 nitrogen and oxygen atoms in total. The van der Waals surface area contributed by atoms with Crippen LogP contribution >= 0.6 is 0 Å². The van der Waals surface area contributed by atoms with Crippen LogP contribution in [0.25, 0.3) is 39.0 Å². The van der Waals surface area contributed by atoms with Crippen molar-refractivity contribution in [1.82, 2.24) is 19.7 Å². The van der Waals surface area contributed by atoms with Crippen molar-refractivity contribution in [2.45, 2.75) is 27.1 Å². The van der Waals surface area contributed by atoms with Gasteiger partial charge in [0.2, 0.25) is 0 Å². The Labute approximate surface area is 207 Å². The van der Waals surface area contributed by atoms with Crippen LogP contribution in [0.4, 0.5) is 13.2 Å². The zero-order valence-electron chi connectivity index (χ0n) is 19.8. The van der Waals surface area contributed by atoms with Crippen LogP contribution in [0.5, 0.6) is 5.75 Å². The van der Waals surface area contributed by atoms with Gasteiger partial charge in [-0.2, -0.15) is 0 Å². The molecular weight excluding hydrogens is 489 g/mol. The third kappa shape index (κ3) is 4.39. The number of carboxylic acids is 1. The molecule has 0 saturated heterocycles. The first kappa shape index (κ1) is 24.0. The number of hydrogen-bond acceptors (Lipinski definition) is 6. The van der Waals surface area contributed by atoms with Crippen molar-refractivity contribution in [1.29, 1.82) is 0 Å². The zero-order chi connectivity index (χ0) is 26.5. The number of pyridine rings is 2. The number of aromatic nitrogens is 4. The van der Waals surface area contributed by atoms with E-state index in [1.54, 1.807) is 55.3 Å². The number of aromatic carboxylic acids is 1. The Morgan fingerprint density at radius 3 is 2.51 bits per heavy atom. The van der Waals surface area contributed by atoms with E-state index in [1.807, 2.05) is 6.92 Å². The van der Waals surface area contributed by atoms with Gasteiger partial charge in [0.1, 0.15) is 17.2 Å². The summed E-state index contributed by atoms with van der Waals surface area (Å²) in [6, 6.07) is 6.97. The molecule has 5 rings (SSSR count). The van der Waals surface area contributed by atoms with E-state index in [4.69, 9.17) is 4.52 Å². The van der Waals surface area contributed by atoms with E-state index in [-0.39, 0.29) is 11.1 Å². The molecule has 0 fully saturated rings. The van der Waals surface area contributed by atoms with Gasteiger partial charge >= 0.3 is 12.3 Å². The summed E-state index contributed by atoms with van der Waals surface area (Å²) in [7, 11) is 0. The van der Waals surface area contributed by atoms with Crippen molar-refractivity contribution >= 4 is 17.0 Å². The summed E-state index contributed by atoms with van der Waals surface area (Å²) in [6.45, 7) is 5.41. The van der Waals surface area contributed by atoms with Crippen LogP contribution in [-0.2, 0) is 0 Å². The second kappa shape index (κ2) is 8.77. The third-order valence-corrected chi connectivity index (χ3v) is 5.98. The fourth-order valence-electron chi connectivity index (χ4n) is 4.33. The summed E-state index contributed by atoms with van der Waals surface area (Å²) in [6.07, 6.45) is 1.50. The van der Waals surface area contributed by atoms with E-state index >= 15 is 0 Å². The Kier molecular flexibility index (Phi) is 5.70. The van der Waals surface area contributed by atoms with Gasteiger partial charge in [-0.1, -0.05) is 5.16 Å². The number of halogens is 3. The molecule has 0 spiro atoms. The van der Waals surface area contributed by atoms with Crippen molar-refractivity contribution in [3.05, 3.63) is 77.7 Å². The number of aryl methyl sites for hydroxylation is 3. The maximum Gasteiger partial charge on any atom is 0.573 e. The minimum absolute atomic E-state index is 0.0466. The number of benzene rings is 1. The average molecular weight is 508 g/mol. The van der Waals surface area contributed by atoms with E-state index in [0.29, 0.717) is 39.3 Å². The minimum Gasteiger partial charge on any atom is -0.478 e. The summed E-state index contributed by atoms with van der Waals surface area (Å²) in [4.78, 5) is 20.3. The normalized spacial score (nSPS) is 11.7. The van der Waals surface area contributed by atoms with Gasteiger partial charge in [-0.15, -0.1) is 13.2 Å². The van der Waals surface area contributed by atoms with Gasteiger partial charge in [-0.25, -0.2) is 9.78 Å². The van der Waals surface area contributed by atoms with Crippen LogP contribution < -0.4 is 4.74 Å². The highest BCUT2D eigenvalue weighted by atomic mass is 19.4. The van der Waals surface area contributed by atoms with E-state index in [0.717, 1.165) is 17.2 Å². The van der Waals surface area contributed by atoms with Crippen molar-refractivity contribution in [2.24, 2.45) is 0 Å². The molecule has 0 unspecified atom stereocenters. The van der Waals surface area contributed by atoms with Gasteiger partial charge in [0.15, 0.2) is 0 Å². The second-order valence-corrected chi connectivity index (χ2v) is 8.43. The Hall–Kier alpha value is -4.67. The smallest absolute Gasteiger partial charge is 0.478 e. The van der Waals surface area contributed by atoms with Crippen molar-refractivity contribution in [3.63, 3.8) is 0 Å². The molecule has 0 saturated carbocycles. The first-order valence-corrected chi connectivity index (χ1v) is 11.0. The van der Waals surface area contributed by atoms with Crippen LogP contribution in [-0.4, -0.2) is 37.1 Å². The maximum absolute atomic E-state index is 13.3. The number of fused-ring (bicyclic) bond motifs is 1. The quantitative estimate of drug-likeness (QED) is 0.299. The lowest BCUT2D eigenvalue weighted by Crippen LogP contribution is -2.18. The lowest BCUT2D eigenvalue weighted by Gasteiger charge is -2.14. The standard InChI is InChI=1S/C26H19F3N4O4/c1-13-6-7-30-11-21(13)33-12-20(18-5-4-16(25(34)35)9-22(18)36-26(27,28)29)19-8-17(10-31-24(19)33)23-14(2)32-37-15(23)3/h4-12H,1-3H3,(H,34,35). The van der Waals surface area contributed by atoms with Crippen LogP contribution in [0, 0.1) is 20.8 Å². The van der Waals surface area contributed by atoms with Gasteiger partial charge in [0, 0.05) is 46.2 Å². The van der Waals surface area contributed by atoms with E-state index in [1.165, 1.54) is 12.1 Å². The topological polar surface area (TPSA) is 103 Å². The first-order chi connectivity index (χ1) is 17.5. The van der Waals surface area contributed by atoms with Gasteiger partial charge in [0.05, 0.1) is 23.1 Å². The van der Waals surface area contributed by atoms with E-state index < -0.39 is 18.1 Å². The molecule has 1 aromatic carbocycles. The van der Waals surface area contributed by atoms with Gasteiger partial charge in [-0.05, 0) is 56.7 Å². The molecule has 0 aliphatic heterocycles. The first-order valence-electron chi connectivity index (χ1n) is 11.0. The molecular formula is C26H19F3N4O4. The molecule has 0 amide bonds. The number of hydrogen-bond donors (Lipinski definition) is 1. The highest BCUT2D eigenvalue weighted by Gasteiger charge is 2.33. The number of ether oxygens (including phenoxy) is 1. The van der Waals surface area contributed by atoms with Gasteiger partial charge in [0.25, 0.3) is 0 Å². The van der Waals surface area contributed by atoms with Gasteiger partial charge < -0.3 is 14.4 Å². The predicted molar refractivity (Wildman–Crippen MR) is 128 cm³/mol. The molecule has 0 bridgehead atoms. The number of alkyl halides is 3. The number of carboxylic acid groups (broad SMARTS) is 1. The van der Waals surface area contributed by atoms with E-state index in [2.05, 4.69) is 19.9 Å². The summed E-state index contributed by atoms with van der Waals surface area (Å²) in [5.74, 6) is -1.46. The number of carbonyl (C=O) groups is 1. The summed E-state index contributed by atoms with van der Waals surface area (Å²) < 4.78 is 51.3. The third-order valence-electron chi connectivity index (χ3n) is 5.98. The Morgan fingerprint density at radius 1 is 1.08 bits per heavy atom. The largest absolute Gasteiger partial charge is 0.573 e. The maximum atomic E-state index is 13.3. The van der Waals surface area contributed by atoms with Crippen LogP contribution in [0.1, 0.15) is 27.4 Å². The van der Waals surface area contributed by atoms with Crippen molar-refractivity contribution < 1.29 is 32.3 Å². The highest BCUT2D eigenvalue weighted by Crippen LogP contribution is 2.41. The fraction of sp³-hybridized carbons (Fsp3) is 0.154. The Morgan fingerprint density at radius 2 is 1.86 bits per heavy atom. The van der Waals surface area contributed by atoms with Crippen molar-refractivity contribution in [2.75, 3.05) is 0 Å². The molecule has 37 heavy (non-hydrogen) atoms. The Balaban J connectivity index is 1.83. The number of nitrogens with zero attached hydrogens (tertiary/aromatic N) is 4. The SMILES string of the molecule is Cc1ccncc1-n1cc(-c2ccc(C(=O)O)cc2OC(F)(F)F)c2cc(-c3c(C)noc3C)cnc21. The molecule has 5 aromatic rings. The monoisotopic (exact) mass is 508 g/mol. The molecule has 188 valence electrons. The molecule has 1 N–H and O–H groups in total. The number of rotatable bonds is 5. The zero-order valence-corrected chi connectivity index (χ0v) is 19.8.